The molecule has 2 amide bonds. The number of benzene rings is 2. The highest BCUT2D eigenvalue weighted by Crippen LogP contribution is 2.32. The van der Waals surface area contributed by atoms with Crippen LogP contribution in [-0.2, 0) is 0 Å². The van der Waals surface area contributed by atoms with Crippen molar-refractivity contribution in [3.05, 3.63) is 59.7 Å². The van der Waals surface area contributed by atoms with E-state index >= 15 is 0 Å². The highest BCUT2D eigenvalue weighted by molar-refractivity contribution is 6.00. The lowest BCUT2D eigenvalue weighted by atomic mass is 10.1. The number of alkyl halides is 2. The van der Waals surface area contributed by atoms with Gasteiger partial charge in [0.1, 0.15) is 0 Å². The first-order chi connectivity index (χ1) is 11.5. The molecule has 2 aromatic rings. The molecule has 0 aliphatic heterocycles. The number of amides is 2. The number of hydrogen-bond donors (Lipinski definition) is 2. The number of carbonyl (C=O) groups is 2. The molecule has 0 fully saturated rings. The number of rotatable bonds is 5. The van der Waals surface area contributed by atoms with Crippen LogP contribution in [0.15, 0.2) is 48.5 Å². The lowest BCUT2D eigenvalue weighted by Crippen LogP contribution is -2.41. The van der Waals surface area contributed by atoms with Crippen LogP contribution in [0.5, 0.6) is 11.5 Å². The molecule has 126 valence electrons. The summed E-state index contributed by atoms with van der Waals surface area (Å²) in [5.74, 6) is -1.82. The molecule has 0 radical (unpaired) electrons. The van der Waals surface area contributed by atoms with E-state index in [0.717, 1.165) is 0 Å². The fraction of sp³-hybridized carbons (Fsp3) is 0.125. The summed E-state index contributed by atoms with van der Waals surface area (Å²) in [6.07, 6.45) is 0. The number of nitrogens with one attached hydrogen (secondary N) is 2. The third-order valence-electron chi connectivity index (χ3n) is 2.98. The third kappa shape index (κ3) is 4.19. The Morgan fingerprint density at radius 2 is 1.62 bits per heavy atom. The molecule has 2 aromatic carbocycles. The third-order valence-corrected chi connectivity index (χ3v) is 2.98. The molecule has 0 atom stereocenters. The second-order valence-corrected chi connectivity index (χ2v) is 4.49. The second kappa shape index (κ2) is 7.91. The molecule has 0 heterocycles. The fourth-order valence-electron chi connectivity index (χ4n) is 1.91. The van der Waals surface area contributed by atoms with Gasteiger partial charge in [-0.3, -0.25) is 20.4 Å². The minimum Gasteiger partial charge on any atom is -0.493 e. The normalized spacial score (nSPS) is 10.2. The summed E-state index contributed by atoms with van der Waals surface area (Å²) in [5.41, 5.74) is 4.46. The SMILES string of the molecule is COc1cccc(C(=O)NNC(=O)c2ccccc2)c1OC(F)F. The highest BCUT2D eigenvalue weighted by Gasteiger charge is 2.20. The van der Waals surface area contributed by atoms with E-state index in [1.807, 2.05) is 0 Å². The van der Waals surface area contributed by atoms with Gasteiger partial charge in [-0.25, -0.2) is 0 Å². The van der Waals surface area contributed by atoms with Crippen LogP contribution in [0.4, 0.5) is 8.78 Å². The standard InChI is InChI=1S/C16H14F2N2O4/c1-23-12-9-5-8-11(13(12)24-16(17)18)15(22)20-19-14(21)10-6-3-2-4-7-10/h2-9,16H,1H3,(H,19,21)(H,20,22). The summed E-state index contributed by atoms with van der Waals surface area (Å²) in [5, 5.41) is 0. The molecule has 6 nitrogen and oxygen atoms in total. The summed E-state index contributed by atoms with van der Waals surface area (Å²) < 4.78 is 34.3. The van der Waals surface area contributed by atoms with Crippen molar-refractivity contribution in [3.63, 3.8) is 0 Å². The number of ether oxygens (including phenoxy) is 2. The molecule has 0 saturated heterocycles. The molecule has 0 aliphatic carbocycles. The van der Waals surface area contributed by atoms with Crippen molar-refractivity contribution >= 4 is 11.8 Å². The zero-order valence-electron chi connectivity index (χ0n) is 12.6. The molecular weight excluding hydrogens is 322 g/mol. The van der Waals surface area contributed by atoms with Gasteiger partial charge in [0.05, 0.1) is 12.7 Å². The average molecular weight is 336 g/mol. The van der Waals surface area contributed by atoms with Crippen LogP contribution in [0, 0.1) is 0 Å². The van der Waals surface area contributed by atoms with Crippen LogP contribution in [-0.4, -0.2) is 25.5 Å². The van der Waals surface area contributed by atoms with Gasteiger partial charge in [0.2, 0.25) is 0 Å². The van der Waals surface area contributed by atoms with Crippen LogP contribution >= 0.6 is 0 Å². The molecular formula is C16H14F2N2O4. The van der Waals surface area contributed by atoms with E-state index in [0.29, 0.717) is 5.56 Å². The maximum Gasteiger partial charge on any atom is 0.387 e. The van der Waals surface area contributed by atoms with E-state index in [1.165, 1.54) is 25.3 Å². The van der Waals surface area contributed by atoms with Crippen LogP contribution in [0.3, 0.4) is 0 Å². The first-order valence-electron chi connectivity index (χ1n) is 6.80. The average Bonchev–Trinajstić information content (AvgIpc) is 2.59. The molecule has 0 spiro atoms. The number of hydrogen-bond acceptors (Lipinski definition) is 4. The predicted molar refractivity (Wildman–Crippen MR) is 81.0 cm³/mol. The molecule has 0 bridgehead atoms. The summed E-state index contributed by atoms with van der Waals surface area (Å²) in [7, 11) is 1.26. The number of carbonyl (C=O) groups excluding carboxylic acids is 2. The summed E-state index contributed by atoms with van der Waals surface area (Å²) in [6, 6.07) is 12.2. The number of methoxy groups -OCH3 is 1. The smallest absolute Gasteiger partial charge is 0.387 e. The molecule has 8 heteroatoms. The van der Waals surface area contributed by atoms with Crippen molar-refractivity contribution in [3.8, 4) is 11.5 Å². The summed E-state index contributed by atoms with van der Waals surface area (Å²) in [4.78, 5) is 24.0. The summed E-state index contributed by atoms with van der Waals surface area (Å²) >= 11 is 0. The first-order valence-corrected chi connectivity index (χ1v) is 6.80. The van der Waals surface area contributed by atoms with Crippen molar-refractivity contribution < 1.29 is 27.8 Å². The van der Waals surface area contributed by atoms with E-state index in [2.05, 4.69) is 15.6 Å². The number of para-hydroxylation sites is 1. The van der Waals surface area contributed by atoms with Crippen molar-refractivity contribution in [2.75, 3.05) is 7.11 Å². The highest BCUT2D eigenvalue weighted by atomic mass is 19.3. The number of halogens is 2. The van der Waals surface area contributed by atoms with E-state index in [-0.39, 0.29) is 11.3 Å². The minimum absolute atomic E-state index is 0.0302. The van der Waals surface area contributed by atoms with Gasteiger partial charge in [-0.05, 0) is 24.3 Å². The van der Waals surface area contributed by atoms with E-state index in [1.54, 1.807) is 30.3 Å². The Labute approximate surface area is 136 Å². The van der Waals surface area contributed by atoms with Gasteiger partial charge in [-0.2, -0.15) is 8.78 Å². The Kier molecular flexibility index (Phi) is 5.67. The van der Waals surface area contributed by atoms with Gasteiger partial charge in [0, 0.05) is 5.56 Å². The van der Waals surface area contributed by atoms with Crippen molar-refractivity contribution in [2.24, 2.45) is 0 Å². The molecule has 24 heavy (non-hydrogen) atoms. The topological polar surface area (TPSA) is 76.7 Å². The minimum atomic E-state index is -3.13. The molecule has 0 unspecified atom stereocenters. The fourth-order valence-corrected chi connectivity index (χ4v) is 1.91. The zero-order valence-corrected chi connectivity index (χ0v) is 12.6. The van der Waals surface area contributed by atoms with E-state index in [4.69, 9.17) is 4.74 Å². The van der Waals surface area contributed by atoms with Crippen molar-refractivity contribution in [1.29, 1.82) is 0 Å². The Hall–Kier alpha value is -3.16. The van der Waals surface area contributed by atoms with Gasteiger partial charge in [-0.1, -0.05) is 24.3 Å². The maximum atomic E-state index is 12.5. The van der Waals surface area contributed by atoms with Crippen LogP contribution < -0.4 is 20.3 Å². The molecule has 0 aromatic heterocycles. The van der Waals surface area contributed by atoms with Crippen LogP contribution in [0.1, 0.15) is 20.7 Å². The van der Waals surface area contributed by atoms with Gasteiger partial charge < -0.3 is 9.47 Å². The zero-order chi connectivity index (χ0) is 17.5. The van der Waals surface area contributed by atoms with Gasteiger partial charge >= 0.3 is 6.61 Å². The first kappa shape index (κ1) is 17.2. The monoisotopic (exact) mass is 336 g/mol. The van der Waals surface area contributed by atoms with Gasteiger partial charge in [0.15, 0.2) is 11.5 Å². The second-order valence-electron chi connectivity index (χ2n) is 4.49. The van der Waals surface area contributed by atoms with E-state index < -0.39 is 24.2 Å². The van der Waals surface area contributed by atoms with Gasteiger partial charge in [-0.15, -0.1) is 0 Å². The van der Waals surface area contributed by atoms with Crippen molar-refractivity contribution in [2.45, 2.75) is 6.61 Å². The molecule has 2 rings (SSSR count). The molecule has 2 N–H and O–H groups in total. The maximum absolute atomic E-state index is 12.5. The Morgan fingerprint density at radius 3 is 2.25 bits per heavy atom. The lowest BCUT2D eigenvalue weighted by molar-refractivity contribution is -0.0515. The number of hydrazine groups is 1. The van der Waals surface area contributed by atoms with Crippen molar-refractivity contribution in [1.82, 2.24) is 10.9 Å². The quantitative estimate of drug-likeness (QED) is 0.822. The molecule has 0 saturated carbocycles. The van der Waals surface area contributed by atoms with E-state index in [9.17, 15) is 18.4 Å². The Balaban J connectivity index is 2.13. The predicted octanol–water partition coefficient (Wildman–Crippen LogP) is 2.37. The van der Waals surface area contributed by atoms with Gasteiger partial charge in [0.25, 0.3) is 11.8 Å². The Bertz CT molecular complexity index is 723. The Morgan fingerprint density at radius 1 is 0.958 bits per heavy atom. The largest absolute Gasteiger partial charge is 0.493 e. The summed E-state index contributed by atoms with van der Waals surface area (Å²) in [6.45, 7) is -3.13. The lowest BCUT2D eigenvalue weighted by Gasteiger charge is -2.14. The molecule has 0 aliphatic rings. The van der Waals surface area contributed by atoms with Crippen LogP contribution in [0.2, 0.25) is 0 Å². The van der Waals surface area contributed by atoms with Crippen LogP contribution in [0.25, 0.3) is 0 Å².